The zero-order valence-corrected chi connectivity index (χ0v) is 5.63. The number of hydrogen-bond acceptors (Lipinski definition) is 3. The van der Waals surface area contributed by atoms with Gasteiger partial charge in [-0.25, -0.2) is 0 Å². The molecule has 0 heterocycles. The van der Waals surface area contributed by atoms with E-state index in [0.717, 1.165) is 0 Å². The Balaban J connectivity index is 2.85. The van der Waals surface area contributed by atoms with Crippen molar-refractivity contribution in [2.24, 2.45) is 0 Å². The smallest absolute Gasteiger partial charge is 0.0992 e. The van der Waals surface area contributed by atoms with Crippen molar-refractivity contribution in [1.29, 1.82) is 5.26 Å². The van der Waals surface area contributed by atoms with Gasteiger partial charge in [-0.1, -0.05) is 11.7 Å². The second kappa shape index (κ2) is 3.54. The van der Waals surface area contributed by atoms with Gasteiger partial charge in [0, 0.05) is 0 Å². The monoisotopic (exact) mass is 151 g/mol. The molecular formula is C7H6FN3. The fourth-order valence-corrected chi connectivity index (χ4v) is 0.721. The van der Waals surface area contributed by atoms with Gasteiger partial charge in [0.1, 0.15) is 0 Å². The summed E-state index contributed by atoms with van der Waals surface area (Å²) in [5, 5.41) is 8.44. The summed E-state index contributed by atoms with van der Waals surface area (Å²) in [4.78, 5) is 0. The van der Waals surface area contributed by atoms with Crippen molar-refractivity contribution in [3.63, 3.8) is 0 Å². The minimum atomic E-state index is 0.491. The number of hydrazine groups is 1. The molecule has 0 fully saturated rings. The molecule has 0 unspecified atom stereocenters. The van der Waals surface area contributed by atoms with E-state index in [2.05, 4.69) is 5.43 Å². The molecule has 2 N–H and O–H groups in total. The standard InChI is InChI=1S/C7H6FN3/c8-11-10-7-3-1-2-6(4-7)5-9/h1-4,10-11H. The normalized spacial score (nSPS) is 8.73. The quantitative estimate of drug-likeness (QED) is 0.495. The Bertz CT molecular complexity index is 279. The highest BCUT2D eigenvalue weighted by Gasteiger charge is 1.91. The van der Waals surface area contributed by atoms with Crippen molar-refractivity contribution >= 4 is 5.69 Å². The first-order valence-electron chi connectivity index (χ1n) is 2.98. The first-order chi connectivity index (χ1) is 5.36. The molecule has 0 amide bonds. The van der Waals surface area contributed by atoms with Crippen LogP contribution in [0.1, 0.15) is 5.56 Å². The Kier molecular flexibility index (Phi) is 2.42. The summed E-state index contributed by atoms with van der Waals surface area (Å²) in [6.07, 6.45) is 0. The molecule has 0 aliphatic rings. The highest BCUT2D eigenvalue weighted by Crippen LogP contribution is 2.07. The Hall–Kier alpha value is -1.60. The molecule has 0 atom stereocenters. The van der Waals surface area contributed by atoms with Crippen LogP contribution in [0.4, 0.5) is 10.2 Å². The van der Waals surface area contributed by atoms with Gasteiger partial charge in [-0.15, -0.1) is 4.48 Å². The van der Waals surface area contributed by atoms with Crippen LogP contribution in [-0.4, -0.2) is 0 Å². The predicted octanol–water partition coefficient (Wildman–Crippen LogP) is 1.36. The minimum Gasteiger partial charge on any atom is -0.295 e. The van der Waals surface area contributed by atoms with Gasteiger partial charge in [0.05, 0.1) is 17.3 Å². The molecule has 0 bridgehead atoms. The van der Waals surface area contributed by atoms with Gasteiger partial charge in [0.2, 0.25) is 0 Å². The summed E-state index contributed by atoms with van der Waals surface area (Å²) in [5.41, 5.74) is 4.50. The number of anilines is 1. The van der Waals surface area contributed by atoms with Crippen LogP contribution in [0, 0.1) is 11.3 Å². The summed E-state index contributed by atoms with van der Waals surface area (Å²) in [7, 11) is 0. The molecular weight excluding hydrogens is 145 g/mol. The zero-order chi connectivity index (χ0) is 8.10. The van der Waals surface area contributed by atoms with Crippen LogP contribution in [0.3, 0.4) is 0 Å². The molecule has 1 aromatic rings. The van der Waals surface area contributed by atoms with Crippen LogP contribution in [0.5, 0.6) is 0 Å². The first kappa shape index (κ1) is 7.51. The lowest BCUT2D eigenvalue weighted by Crippen LogP contribution is -2.09. The van der Waals surface area contributed by atoms with Crippen molar-refractivity contribution in [3.05, 3.63) is 29.8 Å². The second-order valence-corrected chi connectivity index (χ2v) is 1.91. The van der Waals surface area contributed by atoms with E-state index >= 15 is 0 Å². The van der Waals surface area contributed by atoms with Crippen LogP contribution >= 0.6 is 0 Å². The van der Waals surface area contributed by atoms with Gasteiger partial charge >= 0.3 is 0 Å². The van der Waals surface area contributed by atoms with Gasteiger partial charge in [-0.05, 0) is 18.2 Å². The van der Waals surface area contributed by atoms with E-state index in [4.69, 9.17) is 5.26 Å². The lowest BCUT2D eigenvalue weighted by Gasteiger charge is -1.99. The Labute approximate surface area is 63.4 Å². The van der Waals surface area contributed by atoms with E-state index < -0.39 is 0 Å². The molecule has 3 nitrogen and oxygen atoms in total. The summed E-state index contributed by atoms with van der Waals surface area (Å²) >= 11 is 0. The second-order valence-electron chi connectivity index (χ2n) is 1.91. The van der Waals surface area contributed by atoms with Crippen molar-refractivity contribution in [1.82, 2.24) is 5.65 Å². The van der Waals surface area contributed by atoms with Crippen molar-refractivity contribution in [3.8, 4) is 6.07 Å². The third kappa shape index (κ3) is 1.92. The molecule has 4 heteroatoms. The SMILES string of the molecule is N#Cc1cccc(NNF)c1. The number of hydrogen-bond donors (Lipinski definition) is 2. The molecule has 0 radical (unpaired) electrons. The molecule has 11 heavy (non-hydrogen) atoms. The summed E-state index contributed by atoms with van der Waals surface area (Å²) in [5.74, 6) is 0. The van der Waals surface area contributed by atoms with E-state index in [1.807, 2.05) is 6.07 Å². The third-order valence-corrected chi connectivity index (χ3v) is 1.18. The highest BCUT2D eigenvalue weighted by atomic mass is 19.2. The van der Waals surface area contributed by atoms with E-state index in [-0.39, 0.29) is 0 Å². The molecule has 0 aliphatic carbocycles. The van der Waals surface area contributed by atoms with Crippen LogP contribution in [0.2, 0.25) is 0 Å². The third-order valence-electron chi connectivity index (χ3n) is 1.18. The zero-order valence-electron chi connectivity index (χ0n) is 5.63. The van der Waals surface area contributed by atoms with Crippen LogP contribution in [0.15, 0.2) is 24.3 Å². The van der Waals surface area contributed by atoms with Crippen molar-refractivity contribution in [2.45, 2.75) is 0 Å². The molecule has 0 saturated heterocycles. The summed E-state index contributed by atoms with van der Waals surface area (Å²) in [6, 6.07) is 8.42. The molecule has 0 spiro atoms. The number of rotatable bonds is 2. The maximum Gasteiger partial charge on any atom is 0.0992 e. The fourth-order valence-electron chi connectivity index (χ4n) is 0.721. The number of nitrogens with one attached hydrogen (secondary N) is 2. The van der Waals surface area contributed by atoms with Crippen LogP contribution in [-0.2, 0) is 0 Å². The van der Waals surface area contributed by atoms with Gasteiger partial charge in [0.15, 0.2) is 0 Å². The predicted molar refractivity (Wildman–Crippen MR) is 39.0 cm³/mol. The lowest BCUT2D eigenvalue weighted by molar-refractivity contribution is 0.376. The van der Waals surface area contributed by atoms with Gasteiger partial charge in [-0.3, -0.25) is 5.43 Å². The molecule has 1 rings (SSSR count). The number of halogens is 1. The number of benzene rings is 1. The lowest BCUT2D eigenvalue weighted by atomic mass is 10.2. The van der Waals surface area contributed by atoms with Gasteiger partial charge < -0.3 is 0 Å². The highest BCUT2D eigenvalue weighted by molar-refractivity contribution is 5.48. The van der Waals surface area contributed by atoms with Crippen LogP contribution < -0.4 is 11.1 Å². The van der Waals surface area contributed by atoms with Crippen LogP contribution in [0.25, 0.3) is 0 Å². The Morgan fingerprint density at radius 1 is 1.45 bits per heavy atom. The first-order valence-corrected chi connectivity index (χ1v) is 2.98. The number of nitriles is 1. The average Bonchev–Trinajstić information content (AvgIpc) is 2.06. The van der Waals surface area contributed by atoms with Crippen molar-refractivity contribution in [2.75, 3.05) is 5.43 Å². The maximum atomic E-state index is 11.5. The van der Waals surface area contributed by atoms with Crippen molar-refractivity contribution < 1.29 is 4.48 Å². The molecule has 1 aromatic carbocycles. The summed E-state index contributed by atoms with van der Waals surface area (Å²) in [6.45, 7) is 0. The minimum absolute atomic E-state index is 0.491. The Morgan fingerprint density at radius 3 is 2.91 bits per heavy atom. The largest absolute Gasteiger partial charge is 0.295 e. The van der Waals surface area contributed by atoms with E-state index in [1.54, 1.807) is 18.2 Å². The molecule has 56 valence electrons. The topological polar surface area (TPSA) is 47.9 Å². The number of nitrogens with zero attached hydrogens (tertiary/aromatic N) is 1. The fraction of sp³-hybridized carbons (Fsp3) is 0. The Morgan fingerprint density at radius 2 is 2.27 bits per heavy atom. The molecule has 0 saturated carbocycles. The van der Waals surface area contributed by atoms with Gasteiger partial charge in [-0.2, -0.15) is 5.26 Å². The summed E-state index contributed by atoms with van der Waals surface area (Å²) < 4.78 is 11.5. The van der Waals surface area contributed by atoms with Gasteiger partial charge in [0.25, 0.3) is 0 Å². The van der Waals surface area contributed by atoms with E-state index in [0.29, 0.717) is 11.3 Å². The molecule has 0 aromatic heterocycles. The van der Waals surface area contributed by atoms with E-state index in [1.165, 1.54) is 11.7 Å². The van der Waals surface area contributed by atoms with E-state index in [9.17, 15) is 4.48 Å². The maximum absolute atomic E-state index is 11.5. The molecule has 0 aliphatic heterocycles. The average molecular weight is 151 g/mol.